The lowest BCUT2D eigenvalue weighted by molar-refractivity contribution is -0.140. The minimum absolute atomic E-state index is 0.101. The van der Waals surface area contributed by atoms with Gasteiger partial charge < -0.3 is 14.6 Å². The van der Waals surface area contributed by atoms with Crippen molar-refractivity contribution in [2.24, 2.45) is 0 Å². The zero-order valence-electron chi connectivity index (χ0n) is 13.5. The predicted molar refractivity (Wildman–Crippen MR) is 90.1 cm³/mol. The van der Waals surface area contributed by atoms with Gasteiger partial charge in [-0.05, 0) is 24.1 Å². The van der Waals surface area contributed by atoms with Crippen molar-refractivity contribution in [2.75, 3.05) is 13.2 Å². The minimum Gasteiger partial charge on any atom is -0.478 e. The summed E-state index contributed by atoms with van der Waals surface area (Å²) in [5.41, 5.74) is 0.511. The van der Waals surface area contributed by atoms with E-state index in [4.69, 9.17) is 14.6 Å². The molecule has 0 saturated heterocycles. The average Bonchev–Trinajstić information content (AvgIpc) is 2.55. The maximum Gasteiger partial charge on any atom is 0.338 e. The summed E-state index contributed by atoms with van der Waals surface area (Å²) >= 11 is 0. The number of rotatable bonds is 10. The molecule has 0 bridgehead atoms. The standard InChI is InChI=1S/C18H20O6/c1-6-12(3)10-23-16(19)9-15(8-14(5)17(20)21)18(22)24-11-13(4)7-2/h6-9H,1-4,10-11H2,5H3,(H,20,21). The summed E-state index contributed by atoms with van der Waals surface area (Å²) in [6.45, 7) is 15.1. The lowest BCUT2D eigenvalue weighted by atomic mass is 10.1. The van der Waals surface area contributed by atoms with Gasteiger partial charge in [0.05, 0.1) is 5.57 Å². The SMILES string of the molecule is C=CC(=C)COC(=O)C=C(C=C(C)C(=O)O)C(=O)OCC(=C)C=C. The second-order valence-electron chi connectivity index (χ2n) is 4.64. The van der Waals surface area contributed by atoms with Crippen LogP contribution in [0.2, 0.25) is 0 Å². The molecule has 6 nitrogen and oxygen atoms in total. The van der Waals surface area contributed by atoms with Crippen LogP contribution in [-0.4, -0.2) is 36.2 Å². The number of carbonyl (C=O) groups is 3. The molecule has 0 atom stereocenters. The Morgan fingerprint density at radius 1 is 0.958 bits per heavy atom. The first-order valence-corrected chi connectivity index (χ1v) is 6.78. The van der Waals surface area contributed by atoms with Crippen molar-refractivity contribution in [2.45, 2.75) is 6.92 Å². The Balaban J connectivity index is 5.27. The van der Waals surface area contributed by atoms with Crippen LogP contribution in [0.3, 0.4) is 0 Å². The Morgan fingerprint density at radius 2 is 1.46 bits per heavy atom. The summed E-state index contributed by atoms with van der Waals surface area (Å²) < 4.78 is 9.79. The molecule has 1 N–H and O–H groups in total. The van der Waals surface area contributed by atoms with Crippen LogP contribution in [0.15, 0.2) is 72.9 Å². The molecule has 0 spiro atoms. The Morgan fingerprint density at radius 3 is 1.92 bits per heavy atom. The van der Waals surface area contributed by atoms with E-state index in [9.17, 15) is 14.4 Å². The van der Waals surface area contributed by atoms with Crippen LogP contribution in [0.25, 0.3) is 0 Å². The Bertz CT molecular complexity index is 634. The van der Waals surface area contributed by atoms with E-state index in [0.29, 0.717) is 11.1 Å². The fourth-order valence-electron chi connectivity index (χ4n) is 1.15. The highest BCUT2D eigenvalue weighted by Crippen LogP contribution is 2.08. The normalized spacial score (nSPS) is 11.2. The van der Waals surface area contributed by atoms with Crippen LogP contribution in [0.1, 0.15) is 6.92 Å². The van der Waals surface area contributed by atoms with Crippen LogP contribution in [0.4, 0.5) is 0 Å². The van der Waals surface area contributed by atoms with Gasteiger partial charge in [0.2, 0.25) is 0 Å². The first-order valence-electron chi connectivity index (χ1n) is 6.78. The third kappa shape index (κ3) is 8.33. The van der Waals surface area contributed by atoms with E-state index in [1.807, 2.05) is 0 Å². The minimum atomic E-state index is -1.24. The average molecular weight is 332 g/mol. The van der Waals surface area contributed by atoms with Crippen molar-refractivity contribution in [1.29, 1.82) is 0 Å². The molecule has 0 aromatic rings. The first kappa shape index (κ1) is 20.9. The van der Waals surface area contributed by atoms with Gasteiger partial charge in [-0.2, -0.15) is 0 Å². The summed E-state index contributed by atoms with van der Waals surface area (Å²) in [5, 5.41) is 8.90. The molecule has 6 heteroatoms. The molecule has 0 aromatic heterocycles. The highest BCUT2D eigenvalue weighted by atomic mass is 16.5. The lowest BCUT2D eigenvalue weighted by Gasteiger charge is -2.07. The third-order valence-corrected chi connectivity index (χ3v) is 2.58. The topological polar surface area (TPSA) is 89.9 Å². The predicted octanol–water partition coefficient (Wildman–Crippen LogP) is 2.51. The van der Waals surface area contributed by atoms with Gasteiger partial charge in [-0.3, -0.25) is 0 Å². The zero-order valence-corrected chi connectivity index (χ0v) is 13.5. The highest BCUT2D eigenvalue weighted by molar-refractivity contribution is 6.00. The van der Waals surface area contributed by atoms with Gasteiger partial charge >= 0.3 is 17.9 Å². The molecule has 24 heavy (non-hydrogen) atoms. The van der Waals surface area contributed by atoms with Crippen molar-refractivity contribution >= 4 is 17.9 Å². The monoisotopic (exact) mass is 332 g/mol. The molecule has 0 rings (SSSR count). The van der Waals surface area contributed by atoms with Gasteiger partial charge in [0.15, 0.2) is 0 Å². The number of ether oxygens (including phenoxy) is 2. The number of hydrogen-bond acceptors (Lipinski definition) is 5. The van der Waals surface area contributed by atoms with Crippen LogP contribution >= 0.6 is 0 Å². The van der Waals surface area contributed by atoms with E-state index in [2.05, 4.69) is 26.3 Å². The van der Waals surface area contributed by atoms with E-state index in [-0.39, 0.29) is 24.4 Å². The largest absolute Gasteiger partial charge is 0.478 e. The second-order valence-corrected chi connectivity index (χ2v) is 4.64. The Labute approximate surface area is 140 Å². The molecule has 0 aromatic carbocycles. The molecule has 0 aliphatic carbocycles. The number of carboxylic acids is 1. The number of esters is 2. The number of carboxylic acid groups (broad SMARTS) is 1. The molecular formula is C18H20O6. The number of aliphatic carboxylic acids is 1. The van der Waals surface area contributed by atoms with Gasteiger partial charge in [0, 0.05) is 11.6 Å². The third-order valence-electron chi connectivity index (χ3n) is 2.58. The van der Waals surface area contributed by atoms with Crippen LogP contribution < -0.4 is 0 Å². The van der Waals surface area contributed by atoms with E-state index >= 15 is 0 Å². The molecule has 0 unspecified atom stereocenters. The van der Waals surface area contributed by atoms with Crippen molar-refractivity contribution in [1.82, 2.24) is 0 Å². The maximum absolute atomic E-state index is 12.0. The van der Waals surface area contributed by atoms with Crippen molar-refractivity contribution in [3.05, 3.63) is 72.9 Å². The molecule has 0 fully saturated rings. The lowest BCUT2D eigenvalue weighted by Crippen LogP contribution is -2.13. The van der Waals surface area contributed by atoms with Gasteiger partial charge in [-0.15, -0.1) is 0 Å². The second kappa shape index (κ2) is 10.6. The number of hydrogen-bond donors (Lipinski definition) is 1. The smallest absolute Gasteiger partial charge is 0.338 e. The summed E-state index contributed by atoms with van der Waals surface area (Å²) in [6.07, 6.45) is 4.69. The summed E-state index contributed by atoms with van der Waals surface area (Å²) in [7, 11) is 0. The zero-order chi connectivity index (χ0) is 18.7. The molecule has 128 valence electrons. The number of carbonyl (C=O) groups excluding carboxylic acids is 2. The fourth-order valence-corrected chi connectivity index (χ4v) is 1.15. The molecule has 0 amide bonds. The highest BCUT2D eigenvalue weighted by Gasteiger charge is 2.14. The van der Waals surface area contributed by atoms with E-state index in [0.717, 1.165) is 12.2 Å². The maximum atomic E-state index is 12.0. The van der Waals surface area contributed by atoms with Crippen molar-refractivity contribution in [3.63, 3.8) is 0 Å². The molecular weight excluding hydrogens is 312 g/mol. The van der Waals surface area contributed by atoms with Crippen molar-refractivity contribution < 1.29 is 29.0 Å². The van der Waals surface area contributed by atoms with Gasteiger partial charge in [-0.25, -0.2) is 14.4 Å². The van der Waals surface area contributed by atoms with E-state index in [1.165, 1.54) is 19.1 Å². The molecule has 0 heterocycles. The van der Waals surface area contributed by atoms with Gasteiger partial charge in [0.25, 0.3) is 0 Å². The molecule has 0 radical (unpaired) electrons. The first-order chi connectivity index (χ1) is 11.2. The van der Waals surface area contributed by atoms with E-state index in [1.54, 1.807) is 0 Å². The van der Waals surface area contributed by atoms with Crippen LogP contribution in [-0.2, 0) is 23.9 Å². The van der Waals surface area contributed by atoms with Gasteiger partial charge in [-0.1, -0.05) is 38.5 Å². The molecule has 0 saturated carbocycles. The quantitative estimate of drug-likeness (QED) is 0.375. The van der Waals surface area contributed by atoms with Gasteiger partial charge in [0.1, 0.15) is 13.2 Å². The molecule has 0 aliphatic rings. The summed E-state index contributed by atoms with van der Waals surface area (Å²) in [6, 6.07) is 0. The Hall–Kier alpha value is -3.15. The molecule has 0 aliphatic heterocycles. The van der Waals surface area contributed by atoms with E-state index < -0.39 is 17.9 Å². The summed E-state index contributed by atoms with van der Waals surface area (Å²) in [5.74, 6) is -2.97. The van der Waals surface area contributed by atoms with Crippen molar-refractivity contribution in [3.8, 4) is 0 Å². The summed E-state index contributed by atoms with van der Waals surface area (Å²) in [4.78, 5) is 34.6. The Kier molecular flexibility index (Phi) is 9.17. The van der Waals surface area contributed by atoms with Crippen LogP contribution in [0.5, 0.6) is 0 Å². The fraction of sp³-hybridized carbons (Fsp3) is 0.167. The van der Waals surface area contributed by atoms with Crippen LogP contribution in [0, 0.1) is 0 Å².